The van der Waals surface area contributed by atoms with Crippen LogP contribution >= 0.6 is 27.3 Å². The van der Waals surface area contributed by atoms with E-state index in [2.05, 4.69) is 21.4 Å². The normalized spacial score (nSPS) is 13.0. The van der Waals surface area contributed by atoms with Crippen LogP contribution in [0, 0.1) is 0 Å². The standard InChI is InChI=1S/C9H9BrN2OS/c10-6-4-8(14-5-6)9(12-11)7-2-1-3-13-7/h1-5,9,12H,11H2. The molecule has 0 saturated heterocycles. The highest BCUT2D eigenvalue weighted by atomic mass is 79.9. The van der Waals surface area contributed by atoms with Crippen molar-refractivity contribution in [1.29, 1.82) is 0 Å². The van der Waals surface area contributed by atoms with Gasteiger partial charge in [-0.25, -0.2) is 5.43 Å². The second-order valence-corrected chi connectivity index (χ2v) is 4.64. The third-order valence-electron chi connectivity index (χ3n) is 1.87. The number of nitrogens with two attached hydrogens (primary N) is 1. The fourth-order valence-corrected chi connectivity index (χ4v) is 2.75. The van der Waals surface area contributed by atoms with Gasteiger partial charge in [0.2, 0.25) is 0 Å². The molecule has 0 spiro atoms. The summed E-state index contributed by atoms with van der Waals surface area (Å²) >= 11 is 5.04. The van der Waals surface area contributed by atoms with Crippen LogP contribution in [0.15, 0.2) is 38.7 Å². The Bertz CT molecular complexity index is 399. The number of halogens is 1. The lowest BCUT2D eigenvalue weighted by Gasteiger charge is -2.10. The lowest BCUT2D eigenvalue weighted by Crippen LogP contribution is -2.27. The highest BCUT2D eigenvalue weighted by Crippen LogP contribution is 2.29. The molecule has 0 aliphatic heterocycles. The zero-order chi connectivity index (χ0) is 9.97. The molecule has 14 heavy (non-hydrogen) atoms. The summed E-state index contributed by atoms with van der Waals surface area (Å²) in [6.07, 6.45) is 1.64. The lowest BCUT2D eigenvalue weighted by atomic mass is 10.2. The number of hydrogen-bond donors (Lipinski definition) is 2. The summed E-state index contributed by atoms with van der Waals surface area (Å²) in [5.41, 5.74) is 2.73. The molecule has 74 valence electrons. The Morgan fingerprint density at radius 3 is 2.93 bits per heavy atom. The minimum absolute atomic E-state index is 0.0682. The van der Waals surface area contributed by atoms with Crippen LogP contribution in [-0.4, -0.2) is 0 Å². The van der Waals surface area contributed by atoms with Gasteiger partial charge < -0.3 is 4.42 Å². The van der Waals surface area contributed by atoms with Crippen LogP contribution in [0.1, 0.15) is 16.7 Å². The predicted molar refractivity (Wildman–Crippen MR) is 59.9 cm³/mol. The molecule has 0 amide bonds. The second-order valence-electron chi connectivity index (χ2n) is 2.78. The third kappa shape index (κ3) is 1.90. The van der Waals surface area contributed by atoms with Gasteiger partial charge in [-0.3, -0.25) is 5.84 Å². The van der Waals surface area contributed by atoms with Gasteiger partial charge in [-0.15, -0.1) is 11.3 Å². The van der Waals surface area contributed by atoms with Gasteiger partial charge in [-0.2, -0.15) is 0 Å². The van der Waals surface area contributed by atoms with Crippen LogP contribution in [0.5, 0.6) is 0 Å². The second kappa shape index (κ2) is 4.27. The molecule has 2 aromatic rings. The van der Waals surface area contributed by atoms with Crippen molar-refractivity contribution in [3.8, 4) is 0 Å². The summed E-state index contributed by atoms with van der Waals surface area (Å²) < 4.78 is 6.36. The summed E-state index contributed by atoms with van der Waals surface area (Å²) in [6.45, 7) is 0. The molecule has 0 aliphatic carbocycles. The maximum atomic E-state index is 5.49. The van der Waals surface area contributed by atoms with Crippen molar-refractivity contribution >= 4 is 27.3 Å². The van der Waals surface area contributed by atoms with Crippen molar-refractivity contribution in [3.05, 3.63) is 45.0 Å². The molecule has 0 aromatic carbocycles. The first-order valence-corrected chi connectivity index (χ1v) is 5.72. The zero-order valence-electron chi connectivity index (χ0n) is 7.24. The van der Waals surface area contributed by atoms with Crippen molar-refractivity contribution in [2.45, 2.75) is 6.04 Å². The highest BCUT2D eigenvalue weighted by Gasteiger charge is 2.16. The van der Waals surface area contributed by atoms with E-state index in [0.29, 0.717) is 0 Å². The number of rotatable bonds is 3. The molecule has 0 saturated carbocycles. The van der Waals surface area contributed by atoms with E-state index in [4.69, 9.17) is 10.3 Å². The maximum Gasteiger partial charge on any atom is 0.127 e. The Morgan fingerprint density at radius 1 is 1.57 bits per heavy atom. The van der Waals surface area contributed by atoms with E-state index >= 15 is 0 Å². The Balaban J connectivity index is 2.31. The number of thiophene rings is 1. The zero-order valence-corrected chi connectivity index (χ0v) is 9.64. The van der Waals surface area contributed by atoms with Gasteiger partial charge in [0.15, 0.2) is 0 Å². The van der Waals surface area contributed by atoms with Crippen molar-refractivity contribution in [2.24, 2.45) is 5.84 Å². The molecular formula is C9H9BrN2OS. The minimum Gasteiger partial charge on any atom is -0.467 e. The average Bonchev–Trinajstić information content (AvgIpc) is 2.79. The monoisotopic (exact) mass is 272 g/mol. The maximum absolute atomic E-state index is 5.49. The van der Waals surface area contributed by atoms with E-state index in [0.717, 1.165) is 15.1 Å². The van der Waals surface area contributed by atoms with Gasteiger partial charge in [-0.1, -0.05) is 0 Å². The van der Waals surface area contributed by atoms with Gasteiger partial charge in [0.25, 0.3) is 0 Å². The van der Waals surface area contributed by atoms with Crippen molar-refractivity contribution in [1.82, 2.24) is 5.43 Å². The lowest BCUT2D eigenvalue weighted by molar-refractivity contribution is 0.455. The summed E-state index contributed by atoms with van der Waals surface area (Å²) in [6, 6.07) is 5.71. The number of furan rings is 1. The molecule has 0 fully saturated rings. The van der Waals surface area contributed by atoms with Crippen molar-refractivity contribution in [2.75, 3.05) is 0 Å². The molecule has 0 aliphatic rings. The molecule has 0 radical (unpaired) electrons. The minimum atomic E-state index is -0.0682. The van der Waals surface area contributed by atoms with Crippen molar-refractivity contribution < 1.29 is 4.42 Å². The molecular weight excluding hydrogens is 264 g/mol. The smallest absolute Gasteiger partial charge is 0.127 e. The number of hydrazine groups is 1. The first-order valence-electron chi connectivity index (χ1n) is 4.04. The van der Waals surface area contributed by atoms with Crippen LogP contribution in [0.25, 0.3) is 0 Å². The molecule has 0 bridgehead atoms. The van der Waals surface area contributed by atoms with E-state index in [1.807, 2.05) is 23.6 Å². The van der Waals surface area contributed by atoms with Gasteiger partial charge >= 0.3 is 0 Å². The fourth-order valence-electron chi connectivity index (χ4n) is 1.24. The Morgan fingerprint density at radius 2 is 2.43 bits per heavy atom. The van der Waals surface area contributed by atoms with E-state index in [1.54, 1.807) is 17.6 Å². The molecule has 2 rings (SSSR count). The Labute approximate surface area is 94.0 Å². The predicted octanol–water partition coefficient (Wildman–Crippen LogP) is 2.66. The van der Waals surface area contributed by atoms with Crippen LogP contribution in [0.2, 0.25) is 0 Å². The van der Waals surface area contributed by atoms with Crippen LogP contribution in [0.4, 0.5) is 0 Å². The molecule has 3 N–H and O–H groups in total. The van der Waals surface area contributed by atoms with Gasteiger partial charge in [-0.05, 0) is 34.1 Å². The number of nitrogens with one attached hydrogen (secondary N) is 1. The van der Waals surface area contributed by atoms with Gasteiger partial charge in [0.1, 0.15) is 11.8 Å². The molecule has 1 atom stereocenters. The highest BCUT2D eigenvalue weighted by molar-refractivity contribution is 9.10. The SMILES string of the molecule is NNC(c1ccco1)c1cc(Br)cs1. The Kier molecular flexibility index (Phi) is 3.02. The summed E-state index contributed by atoms with van der Waals surface area (Å²) in [5.74, 6) is 6.31. The Hall–Kier alpha value is -0.620. The first-order chi connectivity index (χ1) is 6.81. The molecule has 2 aromatic heterocycles. The first kappa shape index (κ1) is 9.92. The van der Waals surface area contributed by atoms with Crippen LogP contribution in [-0.2, 0) is 0 Å². The van der Waals surface area contributed by atoms with Crippen LogP contribution in [0.3, 0.4) is 0 Å². The van der Waals surface area contributed by atoms with Crippen molar-refractivity contribution in [3.63, 3.8) is 0 Å². The molecule has 3 nitrogen and oxygen atoms in total. The summed E-state index contributed by atoms with van der Waals surface area (Å²) in [5, 5.41) is 2.02. The van der Waals surface area contributed by atoms with Gasteiger partial charge in [0.05, 0.1) is 6.26 Å². The topological polar surface area (TPSA) is 51.2 Å². The largest absolute Gasteiger partial charge is 0.467 e. The van der Waals surface area contributed by atoms with E-state index in [-0.39, 0.29) is 6.04 Å². The quantitative estimate of drug-likeness (QED) is 0.667. The number of hydrogen-bond acceptors (Lipinski definition) is 4. The van der Waals surface area contributed by atoms with E-state index in [1.165, 1.54) is 0 Å². The van der Waals surface area contributed by atoms with Crippen LogP contribution < -0.4 is 11.3 Å². The molecule has 1 unspecified atom stereocenters. The fraction of sp³-hybridized carbons (Fsp3) is 0.111. The van der Waals surface area contributed by atoms with E-state index < -0.39 is 0 Å². The summed E-state index contributed by atoms with van der Waals surface area (Å²) in [4.78, 5) is 1.12. The third-order valence-corrected chi connectivity index (χ3v) is 3.63. The molecule has 2 heterocycles. The van der Waals surface area contributed by atoms with E-state index in [9.17, 15) is 0 Å². The summed E-state index contributed by atoms with van der Waals surface area (Å²) in [7, 11) is 0. The molecule has 5 heteroatoms. The van der Waals surface area contributed by atoms with Gasteiger partial charge in [0, 0.05) is 14.7 Å². The average molecular weight is 273 g/mol.